The monoisotopic (exact) mass is 312 g/mol. The molecule has 0 aromatic carbocycles. The third-order valence-electron chi connectivity index (χ3n) is 1.29. The maximum Gasteiger partial charge on any atom is 0.336 e. The van der Waals surface area contributed by atoms with E-state index < -0.39 is 36.4 Å². The van der Waals surface area contributed by atoms with Crippen molar-refractivity contribution in [2.24, 2.45) is 0 Å². The Hall–Kier alpha value is 2.15. The Morgan fingerprint density at radius 3 is 1.19 bits per heavy atom. The predicted octanol–water partition coefficient (Wildman–Crippen LogP) is -2.39. The number of hydrogen-bond donors (Lipinski definition) is 4. The third kappa shape index (κ3) is 11.3. The van der Waals surface area contributed by atoms with Crippen molar-refractivity contribution in [2.75, 3.05) is 0 Å². The summed E-state index contributed by atoms with van der Waals surface area (Å²) in [5, 5.41) is 33.8. The molecule has 6 radical (unpaired) electrons. The molecule has 0 saturated carbocycles. The van der Waals surface area contributed by atoms with Crippen LogP contribution in [-0.2, 0) is 14.4 Å². The molecule has 0 unspecified atom stereocenters. The molecule has 0 aliphatic heterocycles. The van der Waals surface area contributed by atoms with Gasteiger partial charge in [-0.1, -0.05) is 0 Å². The molecule has 16 heavy (non-hydrogen) atoms. The summed E-state index contributed by atoms with van der Waals surface area (Å²) in [6, 6.07) is 0. The van der Waals surface area contributed by atoms with E-state index in [2.05, 4.69) is 0 Å². The second kappa shape index (κ2) is 12.2. The fourth-order valence-electron chi connectivity index (χ4n) is 0.714. The van der Waals surface area contributed by atoms with Crippen LogP contribution in [-0.4, -0.2) is 157 Å². The van der Waals surface area contributed by atoms with Crippen molar-refractivity contribution in [3.8, 4) is 0 Å². The minimum absolute atomic E-state index is 0. The van der Waals surface area contributed by atoms with Gasteiger partial charge in [-0.25, -0.2) is 4.79 Å². The van der Waals surface area contributed by atoms with Gasteiger partial charge in [-0.15, -0.1) is 0 Å². The molecular weight excluding hydrogens is 304 g/mol. The van der Waals surface area contributed by atoms with Crippen LogP contribution in [0.5, 0.6) is 0 Å². The van der Waals surface area contributed by atoms with Gasteiger partial charge in [0.15, 0.2) is 5.60 Å². The zero-order valence-corrected chi connectivity index (χ0v) is 15.2. The first-order valence-corrected chi connectivity index (χ1v) is 3.17. The fourth-order valence-corrected chi connectivity index (χ4v) is 0.714. The number of aliphatic carboxylic acids is 3. The topological polar surface area (TPSA) is 132 Å². The SMILES string of the molecule is O=C(O)CC(O)(CC(=O)O)C(=O)O.[Ca].[Ca].[Ca]. The second-order valence-corrected chi connectivity index (χ2v) is 2.48. The maximum atomic E-state index is 10.3. The Bertz CT molecular complexity index is 239. The van der Waals surface area contributed by atoms with E-state index in [0.29, 0.717) is 0 Å². The summed E-state index contributed by atoms with van der Waals surface area (Å²) in [4.78, 5) is 30.5. The minimum atomic E-state index is -2.74. The summed E-state index contributed by atoms with van der Waals surface area (Å²) in [7, 11) is 0. The van der Waals surface area contributed by atoms with Gasteiger partial charge in [-0.2, -0.15) is 0 Å². The Labute approximate surface area is 181 Å². The molecule has 4 N–H and O–H groups in total. The van der Waals surface area contributed by atoms with Crippen LogP contribution in [0.2, 0.25) is 0 Å². The number of carboxylic acids is 3. The Kier molecular flexibility index (Phi) is 20.3. The number of carboxylic acid groups (broad SMARTS) is 3. The molecular formula is C6H8Ca3O7. The molecule has 10 heteroatoms. The molecule has 80 valence electrons. The summed E-state index contributed by atoms with van der Waals surface area (Å²) >= 11 is 0. The average Bonchev–Trinajstić information content (AvgIpc) is 1.82. The number of hydrogen-bond acceptors (Lipinski definition) is 4. The van der Waals surface area contributed by atoms with E-state index in [1.165, 1.54) is 0 Å². The quantitative estimate of drug-likeness (QED) is 0.416. The van der Waals surface area contributed by atoms with Gasteiger partial charge in [-0.05, 0) is 0 Å². The van der Waals surface area contributed by atoms with Crippen LogP contribution >= 0.6 is 0 Å². The van der Waals surface area contributed by atoms with Gasteiger partial charge in [0.25, 0.3) is 0 Å². The summed E-state index contributed by atoms with van der Waals surface area (Å²) in [5.41, 5.74) is -2.74. The predicted molar refractivity (Wildman–Crippen MR) is 54.4 cm³/mol. The van der Waals surface area contributed by atoms with Gasteiger partial charge in [0.2, 0.25) is 0 Å². The van der Waals surface area contributed by atoms with Gasteiger partial charge in [-0.3, -0.25) is 9.59 Å². The number of rotatable bonds is 5. The van der Waals surface area contributed by atoms with Crippen molar-refractivity contribution in [3.05, 3.63) is 0 Å². The van der Waals surface area contributed by atoms with Crippen LogP contribution in [0.3, 0.4) is 0 Å². The van der Waals surface area contributed by atoms with Crippen LogP contribution < -0.4 is 0 Å². The molecule has 0 aliphatic carbocycles. The molecule has 0 aromatic heterocycles. The molecule has 0 fully saturated rings. The summed E-state index contributed by atoms with van der Waals surface area (Å²) in [5.74, 6) is -5.02. The Balaban J connectivity index is -0.000000240. The van der Waals surface area contributed by atoms with E-state index in [9.17, 15) is 14.4 Å². The van der Waals surface area contributed by atoms with Crippen molar-refractivity contribution in [3.63, 3.8) is 0 Å². The first-order valence-electron chi connectivity index (χ1n) is 3.17. The normalized spacial score (nSPS) is 8.81. The zero-order chi connectivity index (χ0) is 10.6. The van der Waals surface area contributed by atoms with Gasteiger partial charge < -0.3 is 20.4 Å². The minimum Gasteiger partial charge on any atom is -0.481 e. The summed E-state index contributed by atoms with van der Waals surface area (Å²) in [6.07, 6.45) is -2.29. The third-order valence-corrected chi connectivity index (χ3v) is 1.29. The fraction of sp³-hybridized carbons (Fsp3) is 0.500. The molecule has 0 spiro atoms. The Morgan fingerprint density at radius 1 is 0.812 bits per heavy atom. The van der Waals surface area contributed by atoms with Crippen LogP contribution in [0.1, 0.15) is 12.8 Å². The first kappa shape index (κ1) is 26.7. The van der Waals surface area contributed by atoms with Crippen LogP contribution in [0.4, 0.5) is 0 Å². The largest absolute Gasteiger partial charge is 0.481 e. The molecule has 0 aliphatic rings. The zero-order valence-electron chi connectivity index (χ0n) is 8.55. The molecule has 0 aromatic rings. The van der Waals surface area contributed by atoms with Crippen molar-refractivity contribution in [1.29, 1.82) is 0 Å². The van der Waals surface area contributed by atoms with Gasteiger partial charge in [0.05, 0.1) is 12.8 Å². The standard InChI is InChI=1S/C6H8O7.3Ca/c7-3(8)1-6(13,5(11)12)2-4(9)10;;;/h13H,1-2H2,(H,7,8)(H,9,10)(H,11,12);;;. The second-order valence-electron chi connectivity index (χ2n) is 2.48. The first-order chi connectivity index (χ1) is 5.78. The molecule has 0 saturated heterocycles. The van der Waals surface area contributed by atoms with Crippen molar-refractivity contribution in [2.45, 2.75) is 18.4 Å². The van der Waals surface area contributed by atoms with E-state index in [-0.39, 0.29) is 113 Å². The number of carbonyl (C=O) groups is 3. The van der Waals surface area contributed by atoms with Crippen molar-refractivity contribution < 1.29 is 34.8 Å². The molecule has 0 rings (SSSR count). The molecule has 7 nitrogen and oxygen atoms in total. The average molecular weight is 312 g/mol. The van der Waals surface area contributed by atoms with E-state index in [1.807, 2.05) is 0 Å². The van der Waals surface area contributed by atoms with Gasteiger partial charge in [0, 0.05) is 113 Å². The summed E-state index contributed by atoms with van der Waals surface area (Å²) in [6.45, 7) is 0. The van der Waals surface area contributed by atoms with E-state index in [4.69, 9.17) is 20.4 Å². The number of aliphatic hydroxyl groups is 1. The van der Waals surface area contributed by atoms with Crippen LogP contribution in [0, 0.1) is 0 Å². The van der Waals surface area contributed by atoms with Crippen molar-refractivity contribution >= 4 is 131 Å². The van der Waals surface area contributed by atoms with E-state index in [0.717, 1.165) is 0 Å². The van der Waals surface area contributed by atoms with Gasteiger partial charge >= 0.3 is 17.9 Å². The van der Waals surface area contributed by atoms with E-state index >= 15 is 0 Å². The van der Waals surface area contributed by atoms with Crippen LogP contribution in [0.25, 0.3) is 0 Å². The molecule has 0 atom stereocenters. The molecule has 0 heterocycles. The van der Waals surface area contributed by atoms with E-state index in [1.54, 1.807) is 0 Å². The van der Waals surface area contributed by atoms with Crippen LogP contribution in [0.15, 0.2) is 0 Å². The molecule has 0 amide bonds. The Morgan fingerprint density at radius 2 is 1.06 bits per heavy atom. The van der Waals surface area contributed by atoms with Gasteiger partial charge in [0.1, 0.15) is 0 Å². The maximum absolute atomic E-state index is 10.3. The van der Waals surface area contributed by atoms with Crippen molar-refractivity contribution in [1.82, 2.24) is 0 Å². The smallest absolute Gasteiger partial charge is 0.336 e. The summed E-state index contributed by atoms with van der Waals surface area (Å²) < 4.78 is 0. The molecule has 0 bridgehead atoms.